The molecule has 0 saturated carbocycles. The van der Waals surface area contributed by atoms with Crippen molar-refractivity contribution in [3.63, 3.8) is 0 Å². The van der Waals surface area contributed by atoms with Crippen LogP contribution in [0.2, 0.25) is 0 Å². The number of hydrogen-bond donors (Lipinski definition) is 3. The average molecular weight is 209 g/mol. The molecule has 82 valence electrons. The number of aliphatic hydroxyl groups is 1. The molecule has 1 heterocycles. The predicted molar refractivity (Wildman–Crippen MR) is 57.3 cm³/mol. The van der Waals surface area contributed by atoms with Gasteiger partial charge in [0.05, 0.1) is 18.0 Å². The highest BCUT2D eigenvalue weighted by atomic mass is 16.3. The second kappa shape index (κ2) is 5.31. The van der Waals surface area contributed by atoms with Crippen LogP contribution in [0.4, 0.5) is 5.69 Å². The number of hydrogen-bond acceptors (Lipinski definition) is 4. The third-order valence-electron chi connectivity index (χ3n) is 1.99. The number of nitrogens with two attached hydrogens (primary N) is 1. The molecular weight excluding hydrogens is 194 g/mol. The fourth-order valence-electron chi connectivity index (χ4n) is 0.985. The summed E-state index contributed by atoms with van der Waals surface area (Å²) in [4.78, 5) is 15.3. The number of pyridine rings is 1. The number of rotatable bonds is 4. The number of anilines is 1. The minimum atomic E-state index is -0.511. The molecule has 0 bridgehead atoms. The van der Waals surface area contributed by atoms with Crippen molar-refractivity contribution in [1.82, 2.24) is 10.3 Å². The Morgan fingerprint density at radius 1 is 1.67 bits per heavy atom. The summed E-state index contributed by atoms with van der Waals surface area (Å²) in [5.74, 6) is -0.303. The fourth-order valence-corrected chi connectivity index (χ4v) is 0.985. The zero-order valence-corrected chi connectivity index (χ0v) is 8.60. The van der Waals surface area contributed by atoms with Crippen molar-refractivity contribution in [2.24, 2.45) is 0 Å². The van der Waals surface area contributed by atoms with Gasteiger partial charge >= 0.3 is 0 Å². The Hall–Kier alpha value is -1.62. The molecule has 0 aliphatic rings. The van der Waals surface area contributed by atoms with Crippen LogP contribution in [-0.4, -0.2) is 28.6 Å². The van der Waals surface area contributed by atoms with E-state index < -0.39 is 6.10 Å². The maximum absolute atomic E-state index is 11.5. The topological polar surface area (TPSA) is 88.2 Å². The largest absolute Gasteiger partial charge is 0.397 e. The van der Waals surface area contributed by atoms with Crippen LogP contribution in [0, 0.1) is 0 Å². The number of nitrogens with one attached hydrogen (secondary N) is 1. The van der Waals surface area contributed by atoms with E-state index in [0.29, 0.717) is 17.8 Å². The highest BCUT2D eigenvalue weighted by Gasteiger charge is 2.08. The van der Waals surface area contributed by atoms with E-state index in [4.69, 9.17) is 5.73 Å². The summed E-state index contributed by atoms with van der Waals surface area (Å²) < 4.78 is 0. The average Bonchev–Trinajstić information content (AvgIpc) is 2.26. The molecule has 1 amide bonds. The first-order valence-electron chi connectivity index (χ1n) is 4.81. The number of carbonyl (C=O) groups is 1. The number of amides is 1. The van der Waals surface area contributed by atoms with Crippen LogP contribution in [0.3, 0.4) is 0 Å². The number of carbonyl (C=O) groups excluding carboxylic acids is 1. The van der Waals surface area contributed by atoms with Gasteiger partial charge in [-0.1, -0.05) is 6.92 Å². The van der Waals surface area contributed by atoms with Gasteiger partial charge in [-0.3, -0.25) is 4.79 Å². The molecule has 0 radical (unpaired) electrons. The Kier molecular flexibility index (Phi) is 4.05. The maximum atomic E-state index is 11.5. The van der Waals surface area contributed by atoms with Gasteiger partial charge in [-0.2, -0.15) is 0 Å². The van der Waals surface area contributed by atoms with Crippen LogP contribution in [0.25, 0.3) is 0 Å². The Morgan fingerprint density at radius 2 is 2.40 bits per heavy atom. The highest BCUT2D eigenvalue weighted by molar-refractivity contribution is 5.92. The lowest BCUT2D eigenvalue weighted by atomic mass is 10.2. The van der Waals surface area contributed by atoms with Crippen LogP contribution < -0.4 is 11.1 Å². The molecule has 5 heteroatoms. The maximum Gasteiger partial charge on any atom is 0.269 e. The molecule has 0 fully saturated rings. The molecule has 0 aliphatic heterocycles. The first-order chi connectivity index (χ1) is 7.13. The van der Waals surface area contributed by atoms with Crippen LogP contribution in [-0.2, 0) is 0 Å². The molecular formula is C10H15N3O2. The van der Waals surface area contributed by atoms with Crippen LogP contribution >= 0.6 is 0 Å². The van der Waals surface area contributed by atoms with Gasteiger partial charge in [-0.05, 0) is 18.6 Å². The summed E-state index contributed by atoms with van der Waals surface area (Å²) in [6.45, 7) is 2.08. The van der Waals surface area contributed by atoms with E-state index in [2.05, 4.69) is 10.3 Å². The second-order valence-electron chi connectivity index (χ2n) is 3.25. The minimum absolute atomic E-state index is 0.237. The Bertz CT molecular complexity index is 324. The Labute approximate surface area is 88.3 Å². The van der Waals surface area contributed by atoms with Gasteiger partial charge in [0.1, 0.15) is 5.69 Å². The third-order valence-corrected chi connectivity index (χ3v) is 1.99. The van der Waals surface area contributed by atoms with Crippen molar-refractivity contribution in [3.05, 3.63) is 24.0 Å². The SMILES string of the molecule is CCC(O)CNC(=O)c1ccc(N)cn1. The van der Waals surface area contributed by atoms with Crippen molar-refractivity contribution in [2.75, 3.05) is 12.3 Å². The Balaban J connectivity index is 2.50. The quantitative estimate of drug-likeness (QED) is 0.659. The smallest absolute Gasteiger partial charge is 0.269 e. The van der Waals surface area contributed by atoms with E-state index >= 15 is 0 Å². The summed E-state index contributed by atoms with van der Waals surface area (Å²) >= 11 is 0. The zero-order chi connectivity index (χ0) is 11.3. The van der Waals surface area contributed by atoms with Gasteiger partial charge in [0.15, 0.2) is 0 Å². The molecule has 1 atom stereocenters. The van der Waals surface area contributed by atoms with E-state index in [1.807, 2.05) is 6.92 Å². The van der Waals surface area contributed by atoms with Gasteiger partial charge in [-0.15, -0.1) is 0 Å². The van der Waals surface area contributed by atoms with Crippen LogP contribution in [0.5, 0.6) is 0 Å². The lowest BCUT2D eigenvalue weighted by molar-refractivity contribution is 0.0909. The number of aromatic nitrogens is 1. The van der Waals surface area contributed by atoms with E-state index in [1.54, 1.807) is 12.1 Å². The van der Waals surface area contributed by atoms with Gasteiger partial charge in [-0.25, -0.2) is 4.98 Å². The summed E-state index contributed by atoms with van der Waals surface area (Å²) in [5.41, 5.74) is 6.25. The molecule has 0 aromatic carbocycles. The third kappa shape index (κ3) is 3.55. The predicted octanol–water partition coefficient (Wildman–Crippen LogP) is 0.164. The van der Waals surface area contributed by atoms with Crippen LogP contribution in [0.15, 0.2) is 18.3 Å². The van der Waals surface area contributed by atoms with Crippen molar-refractivity contribution in [3.8, 4) is 0 Å². The number of nitrogen functional groups attached to an aromatic ring is 1. The van der Waals surface area contributed by atoms with Crippen molar-refractivity contribution in [2.45, 2.75) is 19.4 Å². The Morgan fingerprint density at radius 3 is 2.93 bits per heavy atom. The molecule has 1 unspecified atom stereocenters. The lowest BCUT2D eigenvalue weighted by Gasteiger charge is -2.08. The number of nitrogens with zero attached hydrogens (tertiary/aromatic N) is 1. The van der Waals surface area contributed by atoms with Gasteiger partial charge in [0.25, 0.3) is 5.91 Å². The molecule has 15 heavy (non-hydrogen) atoms. The van der Waals surface area contributed by atoms with Gasteiger partial charge < -0.3 is 16.2 Å². The standard InChI is InChI=1S/C10H15N3O2/c1-2-8(14)6-13-10(15)9-4-3-7(11)5-12-9/h3-5,8,14H,2,6,11H2,1H3,(H,13,15). The molecule has 1 rings (SSSR count). The van der Waals surface area contributed by atoms with E-state index in [0.717, 1.165) is 0 Å². The lowest BCUT2D eigenvalue weighted by Crippen LogP contribution is -2.32. The summed E-state index contributed by atoms with van der Waals surface area (Å²) in [7, 11) is 0. The molecule has 5 nitrogen and oxygen atoms in total. The van der Waals surface area contributed by atoms with Crippen molar-refractivity contribution >= 4 is 11.6 Å². The number of aliphatic hydroxyl groups excluding tert-OH is 1. The molecule has 1 aromatic heterocycles. The fraction of sp³-hybridized carbons (Fsp3) is 0.400. The second-order valence-corrected chi connectivity index (χ2v) is 3.25. The zero-order valence-electron chi connectivity index (χ0n) is 8.60. The van der Waals surface area contributed by atoms with Crippen molar-refractivity contribution < 1.29 is 9.90 Å². The molecule has 0 spiro atoms. The first kappa shape index (κ1) is 11.5. The molecule has 1 aromatic rings. The van der Waals surface area contributed by atoms with E-state index in [9.17, 15) is 9.90 Å². The van der Waals surface area contributed by atoms with Crippen LogP contribution in [0.1, 0.15) is 23.8 Å². The van der Waals surface area contributed by atoms with Gasteiger partial charge in [0, 0.05) is 6.54 Å². The molecule has 0 aliphatic carbocycles. The first-order valence-corrected chi connectivity index (χ1v) is 4.81. The summed E-state index contributed by atoms with van der Waals surface area (Å²) in [6, 6.07) is 3.15. The highest BCUT2D eigenvalue weighted by Crippen LogP contribution is 2.00. The molecule has 0 saturated heterocycles. The summed E-state index contributed by atoms with van der Waals surface area (Å²) in [6.07, 6.45) is 1.52. The normalized spacial score (nSPS) is 12.1. The minimum Gasteiger partial charge on any atom is -0.397 e. The monoisotopic (exact) mass is 209 g/mol. The van der Waals surface area contributed by atoms with E-state index in [1.165, 1.54) is 6.20 Å². The van der Waals surface area contributed by atoms with Gasteiger partial charge in [0.2, 0.25) is 0 Å². The van der Waals surface area contributed by atoms with Crippen molar-refractivity contribution in [1.29, 1.82) is 0 Å². The summed E-state index contributed by atoms with van der Waals surface area (Å²) in [5, 5.41) is 11.8. The van der Waals surface area contributed by atoms with E-state index in [-0.39, 0.29) is 12.5 Å². The molecule has 4 N–H and O–H groups in total.